The third-order valence-electron chi connectivity index (χ3n) is 2.91. The fraction of sp³-hybridized carbons (Fsp3) is 0.133. The Hall–Kier alpha value is -2.69. The molecular formula is C15H13NO4. The van der Waals surface area contributed by atoms with Crippen molar-refractivity contribution in [2.45, 2.75) is 13.1 Å². The third kappa shape index (κ3) is 2.66. The van der Waals surface area contributed by atoms with Gasteiger partial charge < -0.3 is 18.2 Å². The van der Waals surface area contributed by atoms with E-state index < -0.39 is 0 Å². The van der Waals surface area contributed by atoms with Crippen LogP contribution in [0.1, 0.15) is 21.9 Å². The maximum absolute atomic E-state index is 12.4. The Morgan fingerprint density at radius 3 is 2.05 bits per heavy atom. The summed E-state index contributed by atoms with van der Waals surface area (Å²) in [6.45, 7) is 0.745. The molecule has 0 aliphatic rings. The van der Waals surface area contributed by atoms with Gasteiger partial charge in [-0.3, -0.25) is 4.79 Å². The lowest BCUT2D eigenvalue weighted by molar-refractivity contribution is 0.0704. The first kappa shape index (κ1) is 12.3. The maximum atomic E-state index is 12.4. The molecule has 5 heteroatoms. The molecule has 3 rings (SSSR count). The van der Waals surface area contributed by atoms with E-state index in [1.165, 1.54) is 12.5 Å². The molecule has 0 saturated heterocycles. The predicted molar refractivity (Wildman–Crippen MR) is 69.7 cm³/mol. The number of rotatable bonds is 5. The van der Waals surface area contributed by atoms with Crippen LogP contribution in [0.4, 0.5) is 0 Å². The average molecular weight is 271 g/mol. The molecule has 0 N–H and O–H groups in total. The third-order valence-corrected chi connectivity index (χ3v) is 2.91. The average Bonchev–Trinajstić information content (AvgIpc) is 3.20. The zero-order chi connectivity index (χ0) is 13.8. The van der Waals surface area contributed by atoms with Gasteiger partial charge in [-0.2, -0.15) is 0 Å². The molecule has 0 aromatic carbocycles. The summed E-state index contributed by atoms with van der Waals surface area (Å²) >= 11 is 0. The molecule has 0 fully saturated rings. The number of carbonyl (C=O) groups excluding carboxylic acids is 1. The molecule has 0 aliphatic heterocycles. The van der Waals surface area contributed by atoms with Crippen molar-refractivity contribution in [3.63, 3.8) is 0 Å². The number of nitrogens with zero attached hydrogens (tertiary/aromatic N) is 1. The molecule has 3 aromatic heterocycles. The molecule has 1 amide bonds. The van der Waals surface area contributed by atoms with Gasteiger partial charge in [0.1, 0.15) is 17.8 Å². The second-order valence-corrected chi connectivity index (χ2v) is 4.33. The van der Waals surface area contributed by atoms with E-state index >= 15 is 0 Å². The summed E-state index contributed by atoms with van der Waals surface area (Å²) in [5, 5.41) is 0. The summed E-state index contributed by atoms with van der Waals surface area (Å²) in [6, 6.07) is 8.89. The van der Waals surface area contributed by atoms with Gasteiger partial charge in [0, 0.05) is 0 Å². The Balaban J connectivity index is 1.81. The predicted octanol–water partition coefficient (Wildman–Crippen LogP) is 3.31. The molecule has 0 spiro atoms. The highest BCUT2D eigenvalue weighted by Gasteiger charge is 2.19. The zero-order valence-corrected chi connectivity index (χ0v) is 10.7. The summed E-state index contributed by atoms with van der Waals surface area (Å²) < 4.78 is 15.6. The van der Waals surface area contributed by atoms with Crippen molar-refractivity contribution >= 4 is 5.91 Å². The molecule has 5 nitrogen and oxygen atoms in total. The van der Waals surface area contributed by atoms with E-state index in [0.717, 1.165) is 0 Å². The van der Waals surface area contributed by atoms with Crippen LogP contribution in [0.15, 0.2) is 68.6 Å². The van der Waals surface area contributed by atoms with Crippen molar-refractivity contribution in [3.8, 4) is 0 Å². The van der Waals surface area contributed by atoms with Gasteiger partial charge in [0.15, 0.2) is 0 Å². The van der Waals surface area contributed by atoms with E-state index in [1.807, 2.05) is 12.1 Å². The quantitative estimate of drug-likeness (QED) is 0.714. The van der Waals surface area contributed by atoms with Gasteiger partial charge in [0.25, 0.3) is 5.91 Å². The highest BCUT2D eigenvalue weighted by Crippen LogP contribution is 2.15. The topological polar surface area (TPSA) is 59.7 Å². The summed E-state index contributed by atoms with van der Waals surface area (Å²) in [6.07, 6.45) is 6.08. The molecule has 0 saturated carbocycles. The first-order chi connectivity index (χ1) is 9.83. The number of amides is 1. The van der Waals surface area contributed by atoms with Crippen LogP contribution >= 0.6 is 0 Å². The van der Waals surface area contributed by atoms with E-state index in [-0.39, 0.29) is 5.91 Å². The molecule has 20 heavy (non-hydrogen) atoms. The maximum Gasteiger partial charge on any atom is 0.257 e. The smallest absolute Gasteiger partial charge is 0.257 e. The van der Waals surface area contributed by atoms with Crippen LogP contribution in [0.2, 0.25) is 0 Å². The molecule has 0 unspecified atom stereocenters. The lowest BCUT2D eigenvalue weighted by Gasteiger charge is -2.19. The summed E-state index contributed by atoms with van der Waals surface area (Å²) in [5.41, 5.74) is 0.503. The molecule has 0 bridgehead atoms. The highest BCUT2D eigenvalue weighted by molar-refractivity contribution is 5.93. The van der Waals surface area contributed by atoms with Crippen molar-refractivity contribution in [1.29, 1.82) is 0 Å². The van der Waals surface area contributed by atoms with Crippen LogP contribution in [-0.4, -0.2) is 10.8 Å². The van der Waals surface area contributed by atoms with Gasteiger partial charge in [-0.05, 0) is 30.3 Å². The van der Waals surface area contributed by atoms with Gasteiger partial charge in [-0.25, -0.2) is 0 Å². The molecule has 102 valence electrons. The normalized spacial score (nSPS) is 10.6. The number of hydrogen-bond donors (Lipinski definition) is 0. The Labute approximate surface area is 115 Å². The Kier molecular flexibility index (Phi) is 3.41. The molecular weight excluding hydrogens is 258 g/mol. The fourth-order valence-electron chi connectivity index (χ4n) is 1.95. The monoisotopic (exact) mass is 271 g/mol. The lowest BCUT2D eigenvalue weighted by atomic mass is 10.2. The number of carbonyl (C=O) groups is 1. The van der Waals surface area contributed by atoms with Crippen molar-refractivity contribution in [3.05, 3.63) is 72.5 Å². The first-order valence-corrected chi connectivity index (χ1v) is 6.19. The van der Waals surface area contributed by atoms with Gasteiger partial charge >= 0.3 is 0 Å². The Morgan fingerprint density at radius 1 is 0.950 bits per heavy atom. The van der Waals surface area contributed by atoms with Crippen molar-refractivity contribution in [1.82, 2.24) is 4.90 Å². The van der Waals surface area contributed by atoms with Crippen LogP contribution in [0, 0.1) is 0 Å². The number of furan rings is 3. The minimum atomic E-state index is -0.133. The van der Waals surface area contributed by atoms with Crippen molar-refractivity contribution in [2.24, 2.45) is 0 Å². The fourth-order valence-corrected chi connectivity index (χ4v) is 1.95. The second kappa shape index (κ2) is 5.52. The molecule has 0 radical (unpaired) electrons. The van der Waals surface area contributed by atoms with Gasteiger partial charge in [-0.1, -0.05) is 0 Å². The first-order valence-electron chi connectivity index (χ1n) is 6.19. The van der Waals surface area contributed by atoms with E-state index in [1.54, 1.807) is 35.6 Å². The van der Waals surface area contributed by atoms with E-state index in [4.69, 9.17) is 13.3 Å². The summed E-state index contributed by atoms with van der Waals surface area (Å²) in [5.74, 6) is 1.30. The van der Waals surface area contributed by atoms with Crippen LogP contribution in [-0.2, 0) is 13.1 Å². The van der Waals surface area contributed by atoms with Crippen molar-refractivity contribution in [2.75, 3.05) is 0 Å². The van der Waals surface area contributed by atoms with E-state index in [0.29, 0.717) is 30.2 Å². The van der Waals surface area contributed by atoms with Crippen molar-refractivity contribution < 1.29 is 18.0 Å². The lowest BCUT2D eigenvalue weighted by Crippen LogP contribution is -2.29. The molecule has 3 aromatic rings. The van der Waals surface area contributed by atoms with Gasteiger partial charge in [-0.15, -0.1) is 0 Å². The van der Waals surface area contributed by atoms with E-state index in [9.17, 15) is 4.79 Å². The Bertz CT molecular complexity index is 602. The highest BCUT2D eigenvalue weighted by atomic mass is 16.3. The summed E-state index contributed by atoms with van der Waals surface area (Å²) in [4.78, 5) is 14.1. The summed E-state index contributed by atoms with van der Waals surface area (Å²) in [7, 11) is 0. The van der Waals surface area contributed by atoms with Crippen LogP contribution in [0.25, 0.3) is 0 Å². The minimum absolute atomic E-state index is 0.133. The molecule has 0 aliphatic carbocycles. The van der Waals surface area contributed by atoms with Crippen LogP contribution in [0.5, 0.6) is 0 Å². The zero-order valence-electron chi connectivity index (χ0n) is 10.7. The second-order valence-electron chi connectivity index (χ2n) is 4.33. The molecule has 0 atom stereocenters. The largest absolute Gasteiger partial charge is 0.472 e. The number of hydrogen-bond acceptors (Lipinski definition) is 4. The van der Waals surface area contributed by atoms with E-state index in [2.05, 4.69) is 0 Å². The SMILES string of the molecule is O=C(c1ccoc1)N(Cc1ccco1)Cc1ccco1. The molecule has 3 heterocycles. The Morgan fingerprint density at radius 2 is 1.60 bits per heavy atom. The van der Waals surface area contributed by atoms with Crippen LogP contribution < -0.4 is 0 Å². The van der Waals surface area contributed by atoms with Gasteiger partial charge in [0.2, 0.25) is 0 Å². The van der Waals surface area contributed by atoms with Gasteiger partial charge in [0.05, 0.1) is 37.4 Å². The standard InChI is InChI=1S/C15H13NO4/c17-15(12-5-8-18-11-12)16(9-13-3-1-6-19-13)10-14-4-2-7-20-14/h1-8,11H,9-10H2. The van der Waals surface area contributed by atoms with Crippen LogP contribution in [0.3, 0.4) is 0 Å². The minimum Gasteiger partial charge on any atom is -0.472 e.